The molecule has 0 bridgehead atoms. The van der Waals surface area contributed by atoms with Crippen molar-refractivity contribution in [3.8, 4) is 0 Å². The quantitative estimate of drug-likeness (QED) is 0.144. The molecule has 5 atom stereocenters. The van der Waals surface area contributed by atoms with Gasteiger partial charge in [-0.3, -0.25) is 0 Å². The summed E-state index contributed by atoms with van der Waals surface area (Å²) in [6.07, 6.45) is 40.6. The zero-order valence-corrected chi connectivity index (χ0v) is 26.2. The number of allylic oxidation sites excluding steroid dienone is 8. The SMILES string of the molecule is CCCCCCCCCCCCCCCCC(NC(=O)OCCCC1C2C=CC=CC2C2C=CC=CC21)C(C)C. The Balaban J connectivity index is 1.20. The first kappa shape index (κ1) is 32.7. The second-order valence-electron chi connectivity index (χ2n) is 13.2. The summed E-state index contributed by atoms with van der Waals surface area (Å²) in [4.78, 5) is 12.6. The molecule has 1 saturated carbocycles. The van der Waals surface area contributed by atoms with Crippen LogP contribution in [0, 0.1) is 35.5 Å². The summed E-state index contributed by atoms with van der Waals surface area (Å²) in [6.45, 7) is 7.22. The van der Waals surface area contributed by atoms with E-state index in [9.17, 15) is 4.79 Å². The Hall–Kier alpha value is -1.77. The van der Waals surface area contributed by atoms with E-state index in [0.29, 0.717) is 42.1 Å². The highest BCUT2D eigenvalue weighted by molar-refractivity contribution is 5.67. The van der Waals surface area contributed by atoms with Crippen LogP contribution in [-0.4, -0.2) is 18.7 Å². The molecule has 3 aliphatic carbocycles. The summed E-state index contributed by atoms with van der Waals surface area (Å²) in [5.74, 6) is 3.51. The summed E-state index contributed by atoms with van der Waals surface area (Å²) < 4.78 is 5.66. The van der Waals surface area contributed by atoms with E-state index < -0.39 is 0 Å². The summed E-state index contributed by atoms with van der Waals surface area (Å²) >= 11 is 0. The summed E-state index contributed by atoms with van der Waals surface area (Å²) in [7, 11) is 0. The average molecular weight is 552 g/mol. The summed E-state index contributed by atoms with van der Waals surface area (Å²) in [6, 6.07) is 0.208. The minimum Gasteiger partial charge on any atom is -0.450 e. The third kappa shape index (κ3) is 11.2. The highest BCUT2D eigenvalue weighted by Gasteiger charge is 2.46. The predicted octanol–water partition coefficient (Wildman–Crippen LogP) is 10.7. The lowest BCUT2D eigenvalue weighted by Crippen LogP contribution is -2.39. The van der Waals surface area contributed by atoms with Crippen molar-refractivity contribution in [2.45, 2.75) is 136 Å². The Morgan fingerprint density at radius 3 is 1.57 bits per heavy atom. The Kier molecular flexibility index (Phi) is 15.9. The van der Waals surface area contributed by atoms with E-state index in [1.807, 2.05) is 0 Å². The molecule has 226 valence electrons. The van der Waals surface area contributed by atoms with Gasteiger partial charge in [0.15, 0.2) is 0 Å². The average Bonchev–Trinajstić information content (AvgIpc) is 3.28. The second kappa shape index (κ2) is 19.4. The van der Waals surface area contributed by atoms with Gasteiger partial charge in [-0.1, -0.05) is 159 Å². The number of hydrogen-bond acceptors (Lipinski definition) is 2. The maximum atomic E-state index is 12.6. The van der Waals surface area contributed by atoms with Gasteiger partial charge in [-0.2, -0.15) is 0 Å². The summed E-state index contributed by atoms with van der Waals surface area (Å²) in [5.41, 5.74) is 0. The van der Waals surface area contributed by atoms with E-state index in [1.165, 1.54) is 89.9 Å². The molecule has 1 N–H and O–H groups in total. The number of hydrogen-bond donors (Lipinski definition) is 1. The first-order valence-electron chi connectivity index (χ1n) is 17.2. The van der Waals surface area contributed by atoms with E-state index in [2.05, 4.69) is 74.7 Å². The predicted molar refractivity (Wildman–Crippen MR) is 171 cm³/mol. The molecule has 40 heavy (non-hydrogen) atoms. The van der Waals surface area contributed by atoms with Gasteiger partial charge in [0.25, 0.3) is 0 Å². The Morgan fingerprint density at radius 1 is 0.650 bits per heavy atom. The van der Waals surface area contributed by atoms with Crippen molar-refractivity contribution in [1.29, 1.82) is 0 Å². The minimum atomic E-state index is -0.229. The van der Waals surface area contributed by atoms with Gasteiger partial charge in [0.2, 0.25) is 0 Å². The zero-order chi connectivity index (χ0) is 28.4. The van der Waals surface area contributed by atoms with E-state index in [-0.39, 0.29) is 12.1 Å². The van der Waals surface area contributed by atoms with Crippen LogP contribution < -0.4 is 5.32 Å². The number of alkyl carbamates (subject to hydrolysis) is 1. The molecule has 3 aliphatic rings. The highest BCUT2D eigenvalue weighted by atomic mass is 16.5. The molecule has 0 aromatic carbocycles. The highest BCUT2D eigenvalue weighted by Crippen LogP contribution is 2.52. The third-order valence-electron chi connectivity index (χ3n) is 9.77. The van der Waals surface area contributed by atoms with Gasteiger partial charge < -0.3 is 10.1 Å². The van der Waals surface area contributed by atoms with Crippen LogP contribution in [0.25, 0.3) is 0 Å². The van der Waals surface area contributed by atoms with Crippen molar-refractivity contribution in [3.63, 3.8) is 0 Å². The molecule has 0 saturated heterocycles. The monoisotopic (exact) mass is 551 g/mol. The van der Waals surface area contributed by atoms with Crippen LogP contribution in [0.1, 0.15) is 130 Å². The molecule has 3 heteroatoms. The maximum absolute atomic E-state index is 12.6. The lowest BCUT2D eigenvalue weighted by atomic mass is 9.82. The first-order valence-corrected chi connectivity index (χ1v) is 17.2. The number of carbonyl (C=O) groups excluding carboxylic acids is 1. The molecule has 0 aromatic heterocycles. The van der Waals surface area contributed by atoms with Gasteiger partial charge in [0.05, 0.1) is 6.61 Å². The molecule has 0 aliphatic heterocycles. The van der Waals surface area contributed by atoms with Gasteiger partial charge >= 0.3 is 6.09 Å². The van der Waals surface area contributed by atoms with Gasteiger partial charge in [-0.05, 0) is 54.8 Å². The molecular weight excluding hydrogens is 490 g/mol. The number of rotatable bonds is 21. The van der Waals surface area contributed by atoms with E-state index >= 15 is 0 Å². The number of amides is 1. The van der Waals surface area contributed by atoms with Gasteiger partial charge in [-0.25, -0.2) is 4.79 Å². The molecule has 0 spiro atoms. The van der Waals surface area contributed by atoms with Crippen LogP contribution in [0.4, 0.5) is 4.79 Å². The van der Waals surface area contributed by atoms with Crippen molar-refractivity contribution in [2.24, 2.45) is 35.5 Å². The van der Waals surface area contributed by atoms with E-state index in [1.54, 1.807) is 0 Å². The topological polar surface area (TPSA) is 38.3 Å². The maximum Gasteiger partial charge on any atom is 0.407 e. The molecule has 3 nitrogen and oxygen atoms in total. The Morgan fingerprint density at radius 2 is 1.10 bits per heavy atom. The normalized spacial score (nSPS) is 25.2. The van der Waals surface area contributed by atoms with Crippen molar-refractivity contribution in [2.75, 3.05) is 6.61 Å². The van der Waals surface area contributed by atoms with Crippen LogP contribution in [0.15, 0.2) is 48.6 Å². The van der Waals surface area contributed by atoms with Crippen molar-refractivity contribution in [3.05, 3.63) is 48.6 Å². The van der Waals surface area contributed by atoms with E-state index in [0.717, 1.165) is 19.3 Å². The molecule has 0 heterocycles. The smallest absolute Gasteiger partial charge is 0.407 e. The lowest BCUT2D eigenvalue weighted by Gasteiger charge is -2.24. The van der Waals surface area contributed by atoms with Crippen LogP contribution in [-0.2, 0) is 4.74 Å². The van der Waals surface area contributed by atoms with Crippen molar-refractivity contribution >= 4 is 6.09 Å². The lowest BCUT2D eigenvalue weighted by molar-refractivity contribution is 0.132. The molecule has 1 fully saturated rings. The molecule has 1 amide bonds. The van der Waals surface area contributed by atoms with Crippen LogP contribution >= 0.6 is 0 Å². The standard InChI is InChI=1S/C37H61NO2/c1-4-5-6-7-8-9-10-11-12-13-14-15-16-17-28-36(30(2)3)38-37(39)40-29-22-27-35-33-25-20-18-23-31(33)32-24-19-21-26-34(32)35/h18-21,23-26,30-36H,4-17,22,27-29H2,1-3H3,(H,38,39). The third-order valence-corrected chi connectivity index (χ3v) is 9.77. The summed E-state index contributed by atoms with van der Waals surface area (Å²) in [5, 5.41) is 3.18. The number of ether oxygens (including phenoxy) is 1. The Bertz CT molecular complexity index is 775. The van der Waals surface area contributed by atoms with Crippen molar-refractivity contribution < 1.29 is 9.53 Å². The van der Waals surface area contributed by atoms with Gasteiger partial charge in [-0.15, -0.1) is 0 Å². The molecular formula is C37H61NO2. The fourth-order valence-corrected chi connectivity index (χ4v) is 7.36. The van der Waals surface area contributed by atoms with E-state index in [4.69, 9.17) is 4.74 Å². The fourth-order valence-electron chi connectivity index (χ4n) is 7.36. The second-order valence-corrected chi connectivity index (χ2v) is 13.2. The molecule has 0 radical (unpaired) electrons. The van der Waals surface area contributed by atoms with Crippen molar-refractivity contribution in [1.82, 2.24) is 5.32 Å². The van der Waals surface area contributed by atoms with Gasteiger partial charge in [0.1, 0.15) is 0 Å². The molecule has 3 rings (SSSR count). The number of fused-ring (bicyclic) bond motifs is 3. The zero-order valence-electron chi connectivity index (χ0n) is 26.2. The number of nitrogens with one attached hydrogen (secondary N) is 1. The Labute approximate surface area is 247 Å². The molecule has 0 aromatic rings. The molecule has 5 unspecified atom stereocenters. The largest absolute Gasteiger partial charge is 0.450 e. The fraction of sp³-hybridized carbons (Fsp3) is 0.757. The van der Waals surface area contributed by atoms with Crippen LogP contribution in [0.3, 0.4) is 0 Å². The van der Waals surface area contributed by atoms with Crippen LogP contribution in [0.5, 0.6) is 0 Å². The first-order chi connectivity index (χ1) is 19.6. The number of unbranched alkanes of at least 4 members (excludes halogenated alkanes) is 13. The van der Waals surface area contributed by atoms with Gasteiger partial charge in [0, 0.05) is 6.04 Å². The number of carbonyl (C=O) groups is 1. The van der Waals surface area contributed by atoms with Crippen LogP contribution in [0.2, 0.25) is 0 Å². The minimum absolute atomic E-state index is 0.208.